The predicted octanol–water partition coefficient (Wildman–Crippen LogP) is 4.75. The standard InChI is InChI=1S/C10H20ClP/c1-9(2)7-5-6-8-10(3,4)12(9)11/h5-8H2,1-4H3. The summed E-state index contributed by atoms with van der Waals surface area (Å²) in [6.07, 6.45) is 5.35. The summed E-state index contributed by atoms with van der Waals surface area (Å²) in [6.45, 7) is 9.33. The number of hydrogen-bond donors (Lipinski definition) is 0. The summed E-state index contributed by atoms with van der Waals surface area (Å²) in [6, 6.07) is 0. The Morgan fingerprint density at radius 2 is 1.25 bits per heavy atom. The molecule has 2 heteroatoms. The molecule has 0 aliphatic carbocycles. The zero-order valence-corrected chi connectivity index (χ0v) is 10.3. The van der Waals surface area contributed by atoms with E-state index in [-0.39, 0.29) is 7.27 Å². The Kier molecular flexibility index (Phi) is 3.12. The maximum atomic E-state index is 6.57. The Morgan fingerprint density at radius 1 is 0.917 bits per heavy atom. The molecule has 0 amide bonds. The molecule has 1 fully saturated rings. The van der Waals surface area contributed by atoms with Crippen LogP contribution in [-0.2, 0) is 0 Å². The third-order valence-electron chi connectivity index (χ3n) is 2.89. The fourth-order valence-electron chi connectivity index (χ4n) is 2.13. The first-order valence-electron chi connectivity index (χ1n) is 4.82. The molecular formula is C10H20ClP. The lowest BCUT2D eigenvalue weighted by Gasteiger charge is -2.38. The smallest absolute Gasteiger partial charge is 0.00182 e. The molecule has 0 spiro atoms. The fourth-order valence-corrected chi connectivity index (χ4v) is 4.99. The molecule has 1 aliphatic heterocycles. The van der Waals surface area contributed by atoms with Crippen LogP contribution in [0, 0.1) is 0 Å². The first-order chi connectivity index (χ1) is 5.36. The molecule has 0 radical (unpaired) electrons. The van der Waals surface area contributed by atoms with E-state index in [9.17, 15) is 0 Å². The van der Waals surface area contributed by atoms with Gasteiger partial charge in [0, 0.05) is 7.27 Å². The van der Waals surface area contributed by atoms with Gasteiger partial charge >= 0.3 is 0 Å². The average Bonchev–Trinajstić information content (AvgIpc) is 2.02. The number of halogens is 1. The maximum Gasteiger partial charge on any atom is 0.00182 e. The van der Waals surface area contributed by atoms with E-state index < -0.39 is 0 Å². The highest BCUT2D eigenvalue weighted by Crippen LogP contribution is 2.67. The van der Waals surface area contributed by atoms with Crippen molar-refractivity contribution in [3.63, 3.8) is 0 Å². The minimum Gasteiger partial charge on any atom is -0.0953 e. The van der Waals surface area contributed by atoms with Gasteiger partial charge in [0.2, 0.25) is 0 Å². The molecule has 1 rings (SSSR count). The van der Waals surface area contributed by atoms with Crippen LogP contribution in [-0.4, -0.2) is 10.3 Å². The van der Waals surface area contributed by atoms with Gasteiger partial charge in [-0.1, -0.05) is 51.8 Å². The number of hydrogen-bond acceptors (Lipinski definition) is 0. The topological polar surface area (TPSA) is 0 Å². The van der Waals surface area contributed by atoms with Gasteiger partial charge in [0.1, 0.15) is 0 Å². The van der Waals surface area contributed by atoms with Gasteiger partial charge in [-0.05, 0) is 23.2 Å². The molecule has 0 atom stereocenters. The Balaban J connectivity index is 2.81. The van der Waals surface area contributed by atoms with Gasteiger partial charge in [0.25, 0.3) is 0 Å². The molecular weight excluding hydrogens is 187 g/mol. The number of rotatable bonds is 0. The first-order valence-corrected chi connectivity index (χ1v) is 7.07. The molecule has 0 bridgehead atoms. The molecule has 0 aromatic carbocycles. The van der Waals surface area contributed by atoms with Crippen LogP contribution in [0.5, 0.6) is 0 Å². The van der Waals surface area contributed by atoms with Crippen molar-refractivity contribution < 1.29 is 0 Å². The molecule has 1 aliphatic rings. The van der Waals surface area contributed by atoms with Crippen molar-refractivity contribution in [1.82, 2.24) is 0 Å². The highest BCUT2D eigenvalue weighted by atomic mass is 35.7. The van der Waals surface area contributed by atoms with Gasteiger partial charge in [0.15, 0.2) is 0 Å². The van der Waals surface area contributed by atoms with Crippen molar-refractivity contribution >= 4 is 18.5 Å². The minimum atomic E-state index is -0.333. The van der Waals surface area contributed by atoms with Crippen LogP contribution in [0.3, 0.4) is 0 Å². The largest absolute Gasteiger partial charge is 0.0953 e. The van der Waals surface area contributed by atoms with Gasteiger partial charge in [-0.3, -0.25) is 0 Å². The fraction of sp³-hybridized carbons (Fsp3) is 1.00. The van der Waals surface area contributed by atoms with Crippen LogP contribution in [0.2, 0.25) is 0 Å². The van der Waals surface area contributed by atoms with E-state index >= 15 is 0 Å². The molecule has 0 unspecified atom stereocenters. The van der Waals surface area contributed by atoms with Gasteiger partial charge in [0.05, 0.1) is 0 Å². The molecule has 12 heavy (non-hydrogen) atoms. The normalized spacial score (nSPS) is 29.8. The van der Waals surface area contributed by atoms with Crippen molar-refractivity contribution in [2.75, 3.05) is 0 Å². The predicted molar refractivity (Wildman–Crippen MR) is 59.4 cm³/mol. The molecule has 1 saturated heterocycles. The van der Waals surface area contributed by atoms with E-state index in [0.717, 1.165) is 0 Å². The Labute approximate surface area is 82.6 Å². The van der Waals surface area contributed by atoms with Crippen LogP contribution < -0.4 is 0 Å². The van der Waals surface area contributed by atoms with Crippen LogP contribution in [0.25, 0.3) is 0 Å². The summed E-state index contributed by atoms with van der Waals surface area (Å²) in [4.78, 5) is 0. The second-order valence-electron chi connectivity index (χ2n) is 5.11. The van der Waals surface area contributed by atoms with Gasteiger partial charge in [-0.25, -0.2) is 0 Å². The summed E-state index contributed by atoms with van der Waals surface area (Å²) < 4.78 is 0. The highest BCUT2D eigenvalue weighted by Gasteiger charge is 2.40. The SMILES string of the molecule is CC1(C)CCCCC(C)(C)P1Cl. The van der Waals surface area contributed by atoms with Crippen molar-refractivity contribution in [2.24, 2.45) is 0 Å². The van der Waals surface area contributed by atoms with E-state index in [1.807, 2.05) is 0 Å². The van der Waals surface area contributed by atoms with Gasteiger partial charge < -0.3 is 0 Å². The summed E-state index contributed by atoms with van der Waals surface area (Å²) in [5.74, 6) is 0. The first kappa shape index (κ1) is 10.8. The van der Waals surface area contributed by atoms with Crippen molar-refractivity contribution in [1.29, 1.82) is 0 Å². The van der Waals surface area contributed by atoms with E-state index in [1.165, 1.54) is 25.7 Å². The van der Waals surface area contributed by atoms with Crippen molar-refractivity contribution in [2.45, 2.75) is 63.7 Å². The van der Waals surface area contributed by atoms with Gasteiger partial charge in [-0.2, -0.15) is 0 Å². The molecule has 0 nitrogen and oxygen atoms in total. The third-order valence-corrected chi connectivity index (χ3v) is 8.21. The van der Waals surface area contributed by atoms with E-state index in [2.05, 4.69) is 27.7 Å². The van der Waals surface area contributed by atoms with Crippen LogP contribution >= 0.6 is 18.5 Å². The lowest BCUT2D eigenvalue weighted by molar-refractivity contribution is 0.563. The van der Waals surface area contributed by atoms with Gasteiger partial charge in [-0.15, -0.1) is 0 Å². The highest BCUT2D eigenvalue weighted by molar-refractivity contribution is 7.86. The van der Waals surface area contributed by atoms with E-state index in [0.29, 0.717) is 10.3 Å². The second-order valence-corrected chi connectivity index (χ2v) is 9.11. The summed E-state index contributed by atoms with van der Waals surface area (Å²) in [7, 11) is -0.333. The Bertz CT molecular complexity index is 145. The quantitative estimate of drug-likeness (QED) is 0.502. The lowest BCUT2D eigenvalue weighted by atomic mass is 10.0. The maximum absolute atomic E-state index is 6.57. The Hall–Kier alpha value is 0.720. The monoisotopic (exact) mass is 206 g/mol. The third kappa shape index (κ3) is 2.15. The van der Waals surface area contributed by atoms with Crippen LogP contribution in [0.15, 0.2) is 0 Å². The van der Waals surface area contributed by atoms with Crippen molar-refractivity contribution in [3.05, 3.63) is 0 Å². The minimum absolute atomic E-state index is 0.333. The summed E-state index contributed by atoms with van der Waals surface area (Å²) >= 11 is 6.57. The van der Waals surface area contributed by atoms with E-state index in [1.54, 1.807) is 0 Å². The van der Waals surface area contributed by atoms with Crippen LogP contribution in [0.1, 0.15) is 53.4 Å². The summed E-state index contributed by atoms with van der Waals surface area (Å²) in [5, 5.41) is 0.772. The molecule has 0 saturated carbocycles. The van der Waals surface area contributed by atoms with E-state index in [4.69, 9.17) is 11.2 Å². The molecule has 0 N–H and O–H groups in total. The Morgan fingerprint density at radius 3 is 1.58 bits per heavy atom. The second kappa shape index (κ2) is 3.46. The molecule has 0 aromatic heterocycles. The van der Waals surface area contributed by atoms with Crippen LogP contribution in [0.4, 0.5) is 0 Å². The molecule has 72 valence electrons. The van der Waals surface area contributed by atoms with Crippen molar-refractivity contribution in [3.8, 4) is 0 Å². The molecule has 1 heterocycles. The average molecular weight is 207 g/mol. The lowest BCUT2D eigenvalue weighted by Crippen LogP contribution is -2.24. The zero-order chi connectivity index (χ0) is 9.41. The zero-order valence-electron chi connectivity index (χ0n) is 8.65. The molecule has 0 aromatic rings. The summed E-state index contributed by atoms with van der Waals surface area (Å²) in [5.41, 5.74) is 0.